The Balaban J connectivity index is 1.47. The van der Waals surface area contributed by atoms with E-state index in [0.717, 1.165) is 17.3 Å². The highest BCUT2D eigenvalue weighted by molar-refractivity contribution is 7.80. The number of thiocarbonyl (C=S) groups is 1. The first-order valence-corrected chi connectivity index (χ1v) is 13.0. The van der Waals surface area contributed by atoms with Crippen LogP contribution < -0.4 is 10.1 Å². The number of aryl methyl sites for hydroxylation is 1. The Morgan fingerprint density at radius 3 is 2.48 bits per heavy atom. The molecule has 4 aromatic rings. The number of hydrogen-bond donors (Lipinski definition) is 1. The summed E-state index contributed by atoms with van der Waals surface area (Å²) in [6, 6.07) is 22.2. The standard InChI is InChI=1S/C30H28F3N5OS/c1-39-27-14-12-25(13-15-27)36-29(40)37(20-24-5-2-3-7-28(24)30(31,32)33)16-4-6-26-18-35-21-38(26)19-23-10-8-22(17-34)9-11-23/h2-3,5,7-15,18,21H,4,6,16,19-20H2,1H3,(H,36,40). The highest BCUT2D eigenvalue weighted by Gasteiger charge is 2.33. The highest BCUT2D eigenvalue weighted by atomic mass is 32.1. The molecule has 0 aliphatic heterocycles. The maximum Gasteiger partial charge on any atom is 0.416 e. The Morgan fingerprint density at radius 1 is 1.07 bits per heavy atom. The van der Waals surface area contributed by atoms with E-state index in [1.165, 1.54) is 12.1 Å². The Labute approximate surface area is 236 Å². The number of benzene rings is 3. The lowest BCUT2D eigenvalue weighted by Crippen LogP contribution is -2.36. The number of alkyl halides is 3. The number of ether oxygens (including phenoxy) is 1. The van der Waals surface area contributed by atoms with E-state index in [0.29, 0.717) is 48.0 Å². The zero-order valence-electron chi connectivity index (χ0n) is 21.9. The van der Waals surface area contributed by atoms with E-state index in [4.69, 9.17) is 22.2 Å². The second kappa shape index (κ2) is 13.1. The van der Waals surface area contributed by atoms with Gasteiger partial charge in [0.1, 0.15) is 5.75 Å². The summed E-state index contributed by atoms with van der Waals surface area (Å²) in [4.78, 5) is 6.04. The molecule has 6 nitrogen and oxygen atoms in total. The van der Waals surface area contributed by atoms with Gasteiger partial charge in [-0.2, -0.15) is 18.4 Å². The summed E-state index contributed by atoms with van der Waals surface area (Å²) in [5.41, 5.74) is 2.82. The van der Waals surface area contributed by atoms with Crippen molar-refractivity contribution in [2.45, 2.75) is 32.1 Å². The fourth-order valence-corrected chi connectivity index (χ4v) is 4.57. The van der Waals surface area contributed by atoms with Crippen LogP contribution in [0.15, 0.2) is 85.3 Å². The summed E-state index contributed by atoms with van der Waals surface area (Å²) in [6.07, 6.45) is 0.364. The molecule has 0 bridgehead atoms. The van der Waals surface area contributed by atoms with Crippen molar-refractivity contribution in [1.82, 2.24) is 14.5 Å². The third-order valence-corrected chi connectivity index (χ3v) is 6.77. The van der Waals surface area contributed by atoms with Crippen LogP contribution in [-0.4, -0.2) is 33.2 Å². The number of aromatic nitrogens is 2. The number of nitriles is 1. The molecular weight excluding hydrogens is 535 g/mol. The number of rotatable bonds is 10. The molecule has 0 fully saturated rings. The summed E-state index contributed by atoms with van der Waals surface area (Å²) in [6.45, 7) is 1.03. The Hall–Kier alpha value is -4.36. The number of anilines is 1. The van der Waals surface area contributed by atoms with Crippen molar-refractivity contribution in [3.8, 4) is 11.8 Å². The van der Waals surface area contributed by atoms with Crippen LogP contribution in [0.1, 0.15) is 34.4 Å². The van der Waals surface area contributed by atoms with Gasteiger partial charge in [-0.1, -0.05) is 30.3 Å². The molecule has 0 aliphatic rings. The third-order valence-electron chi connectivity index (χ3n) is 6.41. The molecule has 0 radical (unpaired) electrons. The number of imidazole rings is 1. The van der Waals surface area contributed by atoms with E-state index < -0.39 is 11.7 Å². The maximum absolute atomic E-state index is 13.7. The molecule has 206 valence electrons. The zero-order valence-corrected chi connectivity index (χ0v) is 22.7. The fraction of sp³-hybridized carbons (Fsp3) is 0.233. The third kappa shape index (κ3) is 7.61. The molecule has 3 aromatic carbocycles. The molecule has 1 N–H and O–H groups in total. The Kier molecular flexibility index (Phi) is 9.40. The molecule has 0 unspecified atom stereocenters. The van der Waals surface area contributed by atoms with Crippen LogP contribution in [0.25, 0.3) is 0 Å². The van der Waals surface area contributed by atoms with Crippen LogP contribution in [-0.2, 0) is 25.7 Å². The lowest BCUT2D eigenvalue weighted by molar-refractivity contribution is -0.138. The maximum atomic E-state index is 13.7. The quantitative estimate of drug-likeness (QED) is 0.218. The van der Waals surface area contributed by atoms with E-state index >= 15 is 0 Å². The van der Waals surface area contributed by atoms with Crippen molar-refractivity contribution in [2.75, 3.05) is 19.0 Å². The van der Waals surface area contributed by atoms with E-state index in [1.807, 2.05) is 16.7 Å². The lowest BCUT2D eigenvalue weighted by atomic mass is 10.1. The van der Waals surface area contributed by atoms with Crippen molar-refractivity contribution in [3.63, 3.8) is 0 Å². The molecule has 40 heavy (non-hydrogen) atoms. The summed E-state index contributed by atoms with van der Waals surface area (Å²) in [7, 11) is 1.57. The van der Waals surface area contributed by atoms with Crippen LogP contribution in [0.3, 0.4) is 0 Å². The minimum Gasteiger partial charge on any atom is -0.497 e. The van der Waals surface area contributed by atoms with E-state index in [-0.39, 0.29) is 12.1 Å². The molecule has 1 aromatic heterocycles. The van der Waals surface area contributed by atoms with Crippen molar-refractivity contribution >= 4 is 23.0 Å². The molecule has 0 aliphatic carbocycles. The van der Waals surface area contributed by atoms with Gasteiger partial charge in [0.15, 0.2) is 5.11 Å². The van der Waals surface area contributed by atoms with Gasteiger partial charge in [-0.3, -0.25) is 0 Å². The number of nitrogens with one attached hydrogen (secondary N) is 1. The van der Waals surface area contributed by atoms with Crippen molar-refractivity contribution in [3.05, 3.63) is 113 Å². The van der Waals surface area contributed by atoms with Gasteiger partial charge in [0, 0.05) is 37.2 Å². The SMILES string of the molecule is COc1ccc(NC(=S)N(CCCc2cncn2Cc2ccc(C#N)cc2)Cc2ccccc2C(F)(F)F)cc1. The van der Waals surface area contributed by atoms with E-state index in [9.17, 15) is 13.2 Å². The van der Waals surface area contributed by atoms with Gasteiger partial charge in [0.2, 0.25) is 0 Å². The smallest absolute Gasteiger partial charge is 0.416 e. The van der Waals surface area contributed by atoms with Gasteiger partial charge in [-0.05, 0) is 78.7 Å². The first-order chi connectivity index (χ1) is 19.3. The largest absolute Gasteiger partial charge is 0.497 e. The summed E-state index contributed by atoms with van der Waals surface area (Å²) < 4.78 is 48.4. The average molecular weight is 564 g/mol. The monoisotopic (exact) mass is 563 g/mol. The van der Waals surface area contributed by atoms with Gasteiger partial charge in [-0.15, -0.1) is 0 Å². The predicted octanol–water partition coefficient (Wildman–Crippen LogP) is 6.66. The normalized spacial score (nSPS) is 11.1. The van der Waals surface area contributed by atoms with Crippen LogP contribution >= 0.6 is 12.2 Å². The van der Waals surface area contributed by atoms with Crippen LogP contribution in [0, 0.1) is 11.3 Å². The summed E-state index contributed by atoms with van der Waals surface area (Å²) in [5, 5.41) is 12.5. The van der Waals surface area contributed by atoms with Crippen LogP contribution in [0.2, 0.25) is 0 Å². The molecule has 0 amide bonds. The van der Waals surface area contributed by atoms with Gasteiger partial charge < -0.3 is 19.5 Å². The number of methoxy groups -OCH3 is 1. The second-order valence-electron chi connectivity index (χ2n) is 9.16. The van der Waals surface area contributed by atoms with Gasteiger partial charge in [0.25, 0.3) is 0 Å². The Bertz CT molecular complexity index is 1460. The van der Waals surface area contributed by atoms with Gasteiger partial charge >= 0.3 is 6.18 Å². The highest BCUT2D eigenvalue weighted by Crippen LogP contribution is 2.32. The molecule has 4 rings (SSSR count). The van der Waals surface area contributed by atoms with Crippen LogP contribution in [0.4, 0.5) is 18.9 Å². The molecular formula is C30H28F3N5OS. The minimum atomic E-state index is -4.47. The molecule has 0 atom stereocenters. The number of hydrogen-bond acceptors (Lipinski definition) is 4. The van der Waals surface area contributed by atoms with E-state index in [2.05, 4.69) is 16.4 Å². The zero-order chi connectivity index (χ0) is 28.5. The molecule has 10 heteroatoms. The lowest BCUT2D eigenvalue weighted by Gasteiger charge is -2.27. The molecule has 0 saturated carbocycles. The van der Waals surface area contributed by atoms with E-state index in [1.54, 1.807) is 67.0 Å². The topological polar surface area (TPSA) is 66.1 Å². The molecule has 1 heterocycles. The fourth-order valence-electron chi connectivity index (χ4n) is 4.30. The minimum absolute atomic E-state index is 0.00216. The molecule has 0 spiro atoms. The Morgan fingerprint density at radius 2 is 1.80 bits per heavy atom. The van der Waals surface area contributed by atoms with Crippen molar-refractivity contribution in [1.29, 1.82) is 5.26 Å². The summed E-state index contributed by atoms with van der Waals surface area (Å²) >= 11 is 5.66. The van der Waals surface area contributed by atoms with Crippen molar-refractivity contribution < 1.29 is 17.9 Å². The molecule has 0 saturated heterocycles. The summed E-state index contributed by atoms with van der Waals surface area (Å²) in [5.74, 6) is 0.685. The van der Waals surface area contributed by atoms with Gasteiger partial charge in [-0.25, -0.2) is 4.98 Å². The van der Waals surface area contributed by atoms with Crippen molar-refractivity contribution in [2.24, 2.45) is 0 Å². The van der Waals surface area contributed by atoms with Crippen LogP contribution in [0.5, 0.6) is 5.75 Å². The predicted molar refractivity (Wildman–Crippen MR) is 152 cm³/mol. The number of nitrogens with zero attached hydrogens (tertiary/aromatic N) is 4. The first-order valence-electron chi connectivity index (χ1n) is 12.6. The van der Waals surface area contributed by atoms with Gasteiger partial charge in [0.05, 0.1) is 30.6 Å². The first kappa shape index (κ1) is 28.6. The second-order valence-corrected chi connectivity index (χ2v) is 9.55. The number of halogens is 3. The average Bonchev–Trinajstić information content (AvgIpc) is 3.39.